The fraction of sp³-hybridized carbons (Fsp3) is 0.929. The molecule has 0 aromatic carbocycles. The second kappa shape index (κ2) is 5.85. The van der Waals surface area contributed by atoms with Crippen molar-refractivity contribution in [3.05, 3.63) is 0 Å². The standard InChI is InChI=1S/C14H26N2O4S/c1-13(6-9-21(19,20)11-13)15-12(17)10-16-7-3-4-14(2,18)5-8-16/h18H,3-11H2,1-2H3,(H,15,17). The summed E-state index contributed by atoms with van der Waals surface area (Å²) in [5.74, 6) is 0.0488. The zero-order valence-corrected chi connectivity index (χ0v) is 13.7. The molecule has 2 rings (SSSR count). The highest BCUT2D eigenvalue weighted by atomic mass is 32.2. The molecular weight excluding hydrogens is 292 g/mol. The zero-order valence-electron chi connectivity index (χ0n) is 12.9. The molecule has 0 radical (unpaired) electrons. The van der Waals surface area contributed by atoms with E-state index in [1.807, 2.05) is 11.8 Å². The van der Waals surface area contributed by atoms with Crippen LogP contribution in [0.3, 0.4) is 0 Å². The SMILES string of the molecule is CC1(O)CCCN(CC(=O)NC2(C)CCS(=O)(=O)C2)CC1. The normalized spacial score (nSPS) is 37.1. The van der Waals surface area contributed by atoms with Crippen LogP contribution in [-0.4, -0.2) is 66.6 Å². The molecule has 2 N–H and O–H groups in total. The van der Waals surface area contributed by atoms with Gasteiger partial charge in [-0.3, -0.25) is 9.69 Å². The predicted octanol–water partition coefficient (Wildman–Crippen LogP) is -0.0833. The third-order valence-corrected chi connectivity index (χ3v) is 6.37. The highest BCUT2D eigenvalue weighted by Gasteiger charge is 2.39. The van der Waals surface area contributed by atoms with Crippen molar-refractivity contribution in [1.29, 1.82) is 0 Å². The molecule has 0 bridgehead atoms. The minimum atomic E-state index is -3.02. The summed E-state index contributed by atoms with van der Waals surface area (Å²) < 4.78 is 23.1. The lowest BCUT2D eigenvalue weighted by molar-refractivity contribution is -0.123. The molecule has 2 fully saturated rings. The predicted molar refractivity (Wildman–Crippen MR) is 80.7 cm³/mol. The molecule has 0 spiro atoms. The number of nitrogens with zero attached hydrogens (tertiary/aromatic N) is 1. The number of hydrogen-bond acceptors (Lipinski definition) is 5. The van der Waals surface area contributed by atoms with E-state index in [2.05, 4.69) is 5.32 Å². The van der Waals surface area contributed by atoms with Crippen LogP contribution >= 0.6 is 0 Å². The van der Waals surface area contributed by atoms with Gasteiger partial charge in [0.25, 0.3) is 0 Å². The Labute approximate surface area is 126 Å². The lowest BCUT2D eigenvalue weighted by Gasteiger charge is -2.27. The second-order valence-electron chi connectivity index (χ2n) is 7.08. The summed E-state index contributed by atoms with van der Waals surface area (Å²) in [5.41, 5.74) is -1.27. The van der Waals surface area contributed by atoms with Crippen molar-refractivity contribution in [2.45, 2.75) is 50.7 Å². The molecule has 1 amide bonds. The maximum absolute atomic E-state index is 12.1. The first-order chi connectivity index (χ1) is 9.59. The lowest BCUT2D eigenvalue weighted by atomic mass is 9.98. The zero-order chi connectivity index (χ0) is 15.7. The van der Waals surface area contributed by atoms with E-state index < -0.39 is 21.0 Å². The first-order valence-corrected chi connectivity index (χ1v) is 9.38. The third-order valence-electron chi connectivity index (χ3n) is 4.47. The number of hydrogen-bond donors (Lipinski definition) is 2. The molecule has 2 unspecified atom stereocenters. The van der Waals surface area contributed by atoms with Gasteiger partial charge in [-0.25, -0.2) is 8.42 Å². The molecule has 2 saturated heterocycles. The third kappa shape index (κ3) is 4.93. The number of amides is 1. The molecule has 0 aromatic heterocycles. The van der Waals surface area contributed by atoms with Gasteiger partial charge in [-0.1, -0.05) is 0 Å². The van der Waals surface area contributed by atoms with Crippen molar-refractivity contribution in [1.82, 2.24) is 10.2 Å². The fourth-order valence-electron chi connectivity index (χ4n) is 3.17. The number of carbonyl (C=O) groups excluding carboxylic acids is 1. The van der Waals surface area contributed by atoms with Gasteiger partial charge < -0.3 is 10.4 Å². The van der Waals surface area contributed by atoms with Crippen LogP contribution in [0.25, 0.3) is 0 Å². The Balaban J connectivity index is 1.85. The van der Waals surface area contributed by atoms with Crippen LogP contribution in [-0.2, 0) is 14.6 Å². The highest BCUT2D eigenvalue weighted by Crippen LogP contribution is 2.23. The van der Waals surface area contributed by atoms with E-state index in [9.17, 15) is 18.3 Å². The minimum Gasteiger partial charge on any atom is -0.390 e. The molecule has 2 aliphatic heterocycles. The molecule has 21 heavy (non-hydrogen) atoms. The van der Waals surface area contributed by atoms with E-state index in [0.29, 0.717) is 19.4 Å². The van der Waals surface area contributed by atoms with Crippen LogP contribution in [0.5, 0.6) is 0 Å². The molecule has 122 valence electrons. The Morgan fingerprint density at radius 1 is 1.24 bits per heavy atom. The molecule has 0 saturated carbocycles. The van der Waals surface area contributed by atoms with E-state index >= 15 is 0 Å². The van der Waals surface area contributed by atoms with Crippen LogP contribution in [0.4, 0.5) is 0 Å². The van der Waals surface area contributed by atoms with Crippen molar-refractivity contribution in [2.24, 2.45) is 0 Å². The minimum absolute atomic E-state index is 0.0282. The topological polar surface area (TPSA) is 86.7 Å². The molecule has 7 heteroatoms. The molecule has 2 atom stereocenters. The van der Waals surface area contributed by atoms with Gasteiger partial charge in [0.15, 0.2) is 9.84 Å². The Hall–Kier alpha value is -0.660. The molecular formula is C14H26N2O4S. The van der Waals surface area contributed by atoms with Crippen LogP contribution in [0.15, 0.2) is 0 Å². The van der Waals surface area contributed by atoms with E-state index in [-0.39, 0.29) is 24.0 Å². The maximum Gasteiger partial charge on any atom is 0.234 e. The van der Waals surface area contributed by atoms with Gasteiger partial charge in [0.05, 0.1) is 29.2 Å². The number of carbonyl (C=O) groups is 1. The lowest BCUT2D eigenvalue weighted by Crippen LogP contribution is -2.50. The summed E-state index contributed by atoms with van der Waals surface area (Å²) in [4.78, 5) is 14.2. The smallest absolute Gasteiger partial charge is 0.234 e. The van der Waals surface area contributed by atoms with Gasteiger partial charge in [-0.15, -0.1) is 0 Å². The largest absolute Gasteiger partial charge is 0.390 e. The summed E-state index contributed by atoms with van der Waals surface area (Å²) >= 11 is 0. The summed E-state index contributed by atoms with van der Waals surface area (Å²) in [6.07, 6.45) is 2.76. The van der Waals surface area contributed by atoms with Gasteiger partial charge in [0, 0.05) is 6.54 Å². The van der Waals surface area contributed by atoms with Crippen LogP contribution in [0.1, 0.15) is 39.5 Å². The Bertz CT molecular complexity index is 503. The Kier molecular flexibility index (Phi) is 4.66. The summed E-state index contributed by atoms with van der Waals surface area (Å²) in [5, 5.41) is 12.9. The van der Waals surface area contributed by atoms with Gasteiger partial charge in [0.2, 0.25) is 5.91 Å². The number of likely N-dealkylation sites (tertiary alicyclic amines) is 1. The monoisotopic (exact) mass is 318 g/mol. The van der Waals surface area contributed by atoms with Crippen LogP contribution < -0.4 is 5.32 Å². The van der Waals surface area contributed by atoms with E-state index in [1.165, 1.54) is 0 Å². The first-order valence-electron chi connectivity index (χ1n) is 7.55. The van der Waals surface area contributed by atoms with Crippen molar-refractivity contribution >= 4 is 15.7 Å². The van der Waals surface area contributed by atoms with Gasteiger partial charge >= 0.3 is 0 Å². The molecule has 0 aromatic rings. The van der Waals surface area contributed by atoms with Gasteiger partial charge in [-0.2, -0.15) is 0 Å². The summed E-state index contributed by atoms with van der Waals surface area (Å²) in [6, 6.07) is 0. The van der Waals surface area contributed by atoms with E-state index in [1.54, 1.807) is 6.92 Å². The van der Waals surface area contributed by atoms with Crippen LogP contribution in [0, 0.1) is 0 Å². The highest BCUT2D eigenvalue weighted by molar-refractivity contribution is 7.91. The molecule has 2 aliphatic rings. The van der Waals surface area contributed by atoms with Crippen molar-refractivity contribution in [3.8, 4) is 0 Å². The Morgan fingerprint density at radius 2 is 1.95 bits per heavy atom. The average Bonchev–Trinajstić information content (AvgIpc) is 2.48. The number of nitrogens with one attached hydrogen (secondary N) is 1. The average molecular weight is 318 g/mol. The maximum atomic E-state index is 12.1. The van der Waals surface area contributed by atoms with E-state index in [0.717, 1.165) is 19.4 Å². The fourth-order valence-corrected chi connectivity index (χ4v) is 5.26. The summed E-state index contributed by atoms with van der Waals surface area (Å²) in [6.45, 7) is 5.38. The molecule has 6 nitrogen and oxygen atoms in total. The van der Waals surface area contributed by atoms with E-state index in [4.69, 9.17) is 0 Å². The number of aliphatic hydroxyl groups is 1. The van der Waals surface area contributed by atoms with Crippen molar-refractivity contribution in [3.63, 3.8) is 0 Å². The Morgan fingerprint density at radius 3 is 2.57 bits per heavy atom. The van der Waals surface area contributed by atoms with Gasteiger partial charge in [-0.05, 0) is 46.1 Å². The second-order valence-corrected chi connectivity index (χ2v) is 9.26. The summed E-state index contributed by atoms with van der Waals surface area (Å²) in [7, 11) is -3.02. The number of rotatable bonds is 3. The van der Waals surface area contributed by atoms with Gasteiger partial charge in [0.1, 0.15) is 0 Å². The van der Waals surface area contributed by atoms with Crippen molar-refractivity contribution in [2.75, 3.05) is 31.1 Å². The van der Waals surface area contributed by atoms with Crippen molar-refractivity contribution < 1.29 is 18.3 Å². The molecule has 0 aliphatic carbocycles. The quantitative estimate of drug-likeness (QED) is 0.760. The van der Waals surface area contributed by atoms with Crippen LogP contribution in [0.2, 0.25) is 0 Å². The molecule has 2 heterocycles. The first kappa shape index (κ1) is 16.7. The number of sulfone groups is 1.